The Morgan fingerprint density at radius 3 is 2.27 bits per heavy atom. The van der Waals surface area contributed by atoms with Gasteiger partial charge in [0.1, 0.15) is 10.6 Å². The van der Waals surface area contributed by atoms with Crippen molar-refractivity contribution >= 4 is 33.4 Å². The van der Waals surface area contributed by atoms with E-state index in [-0.39, 0.29) is 22.8 Å². The van der Waals surface area contributed by atoms with Crippen LogP contribution in [0.5, 0.6) is 5.75 Å². The molecular formula is C23H22ClN3O5S. The smallest absolute Gasteiger partial charge is 0.269 e. The lowest BCUT2D eigenvalue weighted by Gasteiger charge is -2.13. The first-order valence-corrected chi connectivity index (χ1v) is 11.7. The zero-order valence-corrected chi connectivity index (χ0v) is 19.5. The van der Waals surface area contributed by atoms with Gasteiger partial charge in [-0.2, -0.15) is 0 Å². The lowest BCUT2D eigenvalue weighted by atomic mass is 10.1. The molecule has 0 saturated heterocycles. The zero-order valence-electron chi connectivity index (χ0n) is 17.9. The molecule has 0 radical (unpaired) electrons. The van der Waals surface area contributed by atoms with E-state index < -0.39 is 21.8 Å². The summed E-state index contributed by atoms with van der Waals surface area (Å²) in [5.41, 5.74) is 6.50. The molecule has 3 N–H and O–H groups in total. The number of amides is 2. The van der Waals surface area contributed by atoms with Crippen LogP contribution in [-0.4, -0.2) is 27.3 Å². The molecule has 3 aromatic rings. The summed E-state index contributed by atoms with van der Waals surface area (Å²) < 4.78 is 33.4. The Bertz CT molecular complexity index is 1280. The van der Waals surface area contributed by atoms with Gasteiger partial charge in [-0.15, -0.1) is 0 Å². The van der Waals surface area contributed by atoms with Crippen LogP contribution in [0.4, 0.5) is 0 Å². The van der Waals surface area contributed by atoms with Gasteiger partial charge in [0.05, 0.1) is 7.11 Å². The number of aryl methyl sites for hydroxylation is 1. The van der Waals surface area contributed by atoms with Gasteiger partial charge in [-0.25, -0.2) is 13.1 Å². The topological polar surface area (TPSA) is 114 Å². The highest BCUT2D eigenvalue weighted by Crippen LogP contribution is 2.25. The number of hydrogen-bond acceptors (Lipinski definition) is 5. The molecule has 10 heteroatoms. The molecule has 0 heterocycles. The van der Waals surface area contributed by atoms with Gasteiger partial charge in [0, 0.05) is 22.7 Å². The minimum absolute atomic E-state index is 0.0194. The van der Waals surface area contributed by atoms with Crippen LogP contribution < -0.4 is 20.3 Å². The summed E-state index contributed by atoms with van der Waals surface area (Å²) in [7, 11) is -2.69. The molecule has 0 spiro atoms. The molecule has 8 nitrogen and oxygen atoms in total. The predicted octanol–water partition coefficient (Wildman–Crippen LogP) is 3.21. The molecule has 172 valence electrons. The van der Waals surface area contributed by atoms with Crippen molar-refractivity contribution in [3.8, 4) is 5.75 Å². The molecule has 0 atom stereocenters. The van der Waals surface area contributed by atoms with Crippen molar-refractivity contribution < 1.29 is 22.7 Å². The summed E-state index contributed by atoms with van der Waals surface area (Å²) in [6, 6.07) is 17.6. The van der Waals surface area contributed by atoms with E-state index in [2.05, 4.69) is 15.6 Å². The van der Waals surface area contributed by atoms with Crippen molar-refractivity contribution in [3.05, 3.63) is 94.0 Å². The minimum Gasteiger partial charge on any atom is -0.495 e. The number of hydrazine groups is 1. The Kier molecular flexibility index (Phi) is 7.70. The van der Waals surface area contributed by atoms with Gasteiger partial charge >= 0.3 is 0 Å². The summed E-state index contributed by atoms with van der Waals surface area (Å²) in [5.74, 6) is -1.11. The fourth-order valence-electron chi connectivity index (χ4n) is 2.97. The Hall–Kier alpha value is -3.40. The highest BCUT2D eigenvalue weighted by molar-refractivity contribution is 7.89. The van der Waals surface area contributed by atoms with E-state index in [0.29, 0.717) is 16.1 Å². The molecule has 0 fully saturated rings. The van der Waals surface area contributed by atoms with Crippen molar-refractivity contribution in [1.82, 2.24) is 15.6 Å². The number of methoxy groups -OCH3 is 1. The number of halogens is 1. The number of carbonyl (C=O) groups is 2. The lowest BCUT2D eigenvalue weighted by Crippen LogP contribution is -2.42. The molecule has 0 aliphatic heterocycles. The van der Waals surface area contributed by atoms with Crippen LogP contribution in [0.1, 0.15) is 31.8 Å². The first kappa shape index (κ1) is 24.2. The second-order valence-electron chi connectivity index (χ2n) is 7.04. The van der Waals surface area contributed by atoms with E-state index in [1.54, 1.807) is 55.5 Å². The molecule has 0 aliphatic rings. The van der Waals surface area contributed by atoms with Crippen LogP contribution in [0.15, 0.2) is 71.6 Å². The normalized spacial score (nSPS) is 11.0. The van der Waals surface area contributed by atoms with Gasteiger partial charge in [0.2, 0.25) is 10.0 Å². The first-order chi connectivity index (χ1) is 15.7. The van der Waals surface area contributed by atoms with Crippen molar-refractivity contribution in [2.75, 3.05) is 7.11 Å². The summed E-state index contributed by atoms with van der Waals surface area (Å²) >= 11 is 5.85. The third kappa shape index (κ3) is 6.10. The highest BCUT2D eigenvalue weighted by Gasteiger charge is 2.22. The Morgan fingerprint density at radius 1 is 0.939 bits per heavy atom. The molecule has 0 saturated carbocycles. The Labute approximate surface area is 196 Å². The Morgan fingerprint density at radius 2 is 1.61 bits per heavy atom. The maximum absolute atomic E-state index is 12.9. The van der Waals surface area contributed by atoms with Crippen LogP contribution in [0.25, 0.3) is 0 Å². The van der Waals surface area contributed by atoms with E-state index in [1.807, 2.05) is 0 Å². The quantitative estimate of drug-likeness (QED) is 0.443. The number of ether oxygens (including phenoxy) is 1. The number of sulfonamides is 1. The average Bonchev–Trinajstić information content (AvgIpc) is 2.82. The fraction of sp³-hybridized carbons (Fsp3) is 0.130. The molecule has 0 aliphatic carbocycles. The van der Waals surface area contributed by atoms with E-state index in [9.17, 15) is 18.0 Å². The molecule has 33 heavy (non-hydrogen) atoms. The summed E-state index contributed by atoms with van der Waals surface area (Å²) in [5, 5.41) is 0.538. The van der Waals surface area contributed by atoms with E-state index >= 15 is 0 Å². The monoisotopic (exact) mass is 487 g/mol. The van der Waals surface area contributed by atoms with Crippen molar-refractivity contribution in [3.63, 3.8) is 0 Å². The molecule has 0 aromatic heterocycles. The van der Waals surface area contributed by atoms with E-state index in [0.717, 1.165) is 5.56 Å². The molecule has 2 amide bonds. The van der Waals surface area contributed by atoms with Crippen molar-refractivity contribution in [2.24, 2.45) is 0 Å². The number of nitrogens with one attached hydrogen (secondary N) is 3. The van der Waals surface area contributed by atoms with Crippen LogP contribution in [0.2, 0.25) is 5.02 Å². The van der Waals surface area contributed by atoms with Crippen LogP contribution in [0, 0.1) is 6.92 Å². The van der Waals surface area contributed by atoms with Crippen LogP contribution in [0.3, 0.4) is 0 Å². The third-order valence-electron chi connectivity index (χ3n) is 4.77. The standard InChI is InChI=1S/C23H22ClN3O5S/c1-15-5-3-4-6-19(15)23(29)27-26-22(28)17-9-12-20(32-2)21(13-17)33(30,31)25-14-16-7-10-18(24)11-8-16/h3-13,25H,14H2,1-2H3,(H,26,28)(H,27,29). The van der Waals surface area contributed by atoms with E-state index in [1.165, 1.54) is 25.3 Å². The number of hydrogen-bond donors (Lipinski definition) is 3. The lowest BCUT2D eigenvalue weighted by molar-refractivity contribution is 0.0846. The number of benzene rings is 3. The average molecular weight is 488 g/mol. The minimum atomic E-state index is -4.02. The SMILES string of the molecule is COc1ccc(C(=O)NNC(=O)c2ccccc2C)cc1S(=O)(=O)NCc1ccc(Cl)cc1. The number of carbonyl (C=O) groups excluding carboxylic acids is 2. The van der Waals surface area contributed by atoms with Crippen molar-refractivity contribution in [1.29, 1.82) is 0 Å². The van der Waals surface area contributed by atoms with Gasteiger partial charge in [-0.05, 0) is 54.4 Å². The Balaban J connectivity index is 1.75. The summed E-state index contributed by atoms with van der Waals surface area (Å²) in [6.45, 7) is 1.79. The summed E-state index contributed by atoms with van der Waals surface area (Å²) in [4.78, 5) is 24.7. The van der Waals surface area contributed by atoms with Crippen LogP contribution in [-0.2, 0) is 16.6 Å². The second-order valence-corrected chi connectivity index (χ2v) is 9.21. The third-order valence-corrected chi connectivity index (χ3v) is 6.45. The van der Waals surface area contributed by atoms with Gasteiger partial charge in [-0.3, -0.25) is 20.4 Å². The van der Waals surface area contributed by atoms with Crippen LogP contribution >= 0.6 is 11.6 Å². The maximum atomic E-state index is 12.9. The molecule has 0 bridgehead atoms. The van der Waals surface area contributed by atoms with Gasteiger partial charge < -0.3 is 4.74 Å². The van der Waals surface area contributed by atoms with Crippen molar-refractivity contribution in [2.45, 2.75) is 18.4 Å². The molecule has 3 aromatic carbocycles. The van der Waals surface area contributed by atoms with Gasteiger partial charge in [0.25, 0.3) is 11.8 Å². The second kappa shape index (κ2) is 10.5. The largest absolute Gasteiger partial charge is 0.495 e. The first-order valence-electron chi connectivity index (χ1n) is 9.80. The fourth-order valence-corrected chi connectivity index (χ4v) is 4.30. The van der Waals surface area contributed by atoms with Gasteiger partial charge in [-0.1, -0.05) is 41.9 Å². The summed E-state index contributed by atoms with van der Waals surface area (Å²) in [6.07, 6.45) is 0. The van der Waals surface area contributed by atoms with Gasteiger partial charge in [0.15, 0.2) is 0 Å². The maximum Gasteiger partial charge on any atom is 0.269 e. The predicted molar refractivity (Wildman–Crippen MR) is 125 cm³/mol. The zero-order chi connectivity index (χ0) is 24.0. The molecule has 3 rings (SSSR count). The highest BCUT2D eigenvalue weighted by atomic mass is 35.5. The van der Waals surface area contributed by atoms with E-state index in [4.69, 9.17) is 16.3 Å². The molecule has 0 unspecified atom stereocenters. The molecular weight excluding hydrogens is 466 g/mol. The number of rotatable bonds is 7.